The van der Waals surface area contributed by atoms with Gasteiger partial charge in [0.15, 0.2) is 0 Å². The van der Waals surface area contributed by atoms with Crippen molar-refractivity contribution >= 4 is 6.08 Å². The molecule has 0 unspecified atom stereocenters. The van der Waals surface area contributed by atoms with E-state index in [1.165, 1.54) is 12.1 Å². The van der Waals surface area contributed by atoms with Gasteiger partial charge in [-0.15, -0.1) is 0 Å². The summed E-state index contributed by atoms with van der Waals surface area (Å²) in [5, 5.41) is 0. The lowest BCUT2D eigenvalue weighted by atomic mass is 10.1. The molecule has 0 bridgehead atoms. The van der Waals surface area contributed by atoms with E-state index in [-0.39, 0.29) is 0 Å². The topological polar surface area (TPSA) is 9.23 Å². The van der Waals surface area contributed by atoms with E-state index in [1.807, 2.05) is 0 Å². The third kappa shape index (κ3) is 3.75. The van der Waals surface area contributed by atoms with Crippen LogP contribution < -0.4 is 0 Å². The van der Waals surface area contributed by atoms with Crippen LogP contribution in [0, 0.1) is 7.11 Å². The van der Waals surface area contributed by atoms with Crippen LogP contribution >= 0.6 is 0 Å². The van der Waals surface area contributed by atoms with Gasteiger partial charge < -0.3 is 4.74 Å². The standard InChI is InChI=1S/C11H10F3O/c1-15-8-2-3-9-4-6-10(7-5-9)11(12,13)14/h2-7H,1,8H2. The molecular weight excluding hydrogens is 205 g/mol. The highest BCUT2D eigenvalue weighted by molar-refractivity contribution is 5.49. The molecule has 1 nitrogen and oxygen atoms in total. The molecule has 0 spiro atoms. The van der Waals surface area contributed by atoms with E-state index in [4.69, 9.17) is 0 Å². The number of hydrogen-bond acceptors (Lipinski definition) is 1. The molecule has 1 radical (unpaired) electrons. The molecule has 0 saturated heterocycles. The first kappa shape index (κ1) is 11.8. The van der Waals surface area contributed by atoms with E-state index in [2.05, 4.69) is 11.8 Å². The molecule has 15 heavy (non-hydrogen) atoms. The van der Waals surface area contributed by atoms with E-state index in [9.17, 15) is 13.2 Å². The van der Waals surface area contributed by atoms with E-state index < -0.39 is 11.7 Å². The second-order valence-corrected chi connectivity index (χ2v) is 2.89. The Morgan fingerprint density at radius 1 is 1.20 bits per heavy atom. The van der Waals surface area contributed by atoms with Gasteiger partial charge in [-0.05, 0) is 17.7 Å². The van der Waals surface area contributed by atoms with Gasteiger partial charge in [0.25, 0.3) is 0 Å². The molecule has 1 rings (SSSR count). The van der Waals surface area contributed by atoms with Crippen LogP contribution in [0.4, 0.5) is 13.2 Å². The van der Waals surface area contributed by atoms with Crippen molar-refractivity contribution in [3.8, 4) is 0 Å². The van der Waals surface area contributed by atoms with E-state index in [1.54, 1.807) is 12.2 Å². The molecule has 0 aliphatic carbocycles. The number of ether oxygens (including phenoxy) is 1. The summed E-state index contributed by atoms with van der Waals surface area (Å²) in [5.74, 6) is 0. The van der Waals surface area contributed by atoms with Crippen LogP contribution in [-0.2, 0) is 10.9 Å². The maximum atomic E-state index is 12.2. The van der Waals surface area contributed by atoms with Gasteiger partial charge in [-0.25, -0.2) is 0 Å². The Balaban J connectivity index is 2.73. The van der Waals surface area contributed by atoms with Crippen molar-refractivity contribution in [3.05, 3.63) is 48.6 Å². The van der Waals surface area contributed by atoms with Gasteiger partial charge in [-0.1, -0.05) is 24.3 Å². The van der Waals surface area contributed by atoms with Gasteiger partial charge in [0.2, 0.25) is 0 Å². The summed E-state index contributed by atoms with van der Waals surface area (Å²) >= 11 is 0. The predicted octanol–water partition coefficient (Wildman–Crippen LogP) is 3.53. The molecule has 0 fully saturated rings. The number of alkyl halides is 3. The largest absolute Gasteiger partial charge is 0.416 e. The predicted molar refractivity (Wildman–Crippen MR) is 51.8 cm³/mol. The first-order valence-corrected chi connectivity index (χ1v) is 4.25. The molecule has 0 N–H and O–H groups in total. The Bertz CT molecular complexity index is 325. The summed E-state index contributed by atoms with van der Waals surface area (Å²) in [4.78, 5) is 0. The van der Waals surface area contributed by atoms with Crippen molar-refractivity contribution in [2.45, 2.75) is 6.18 Å². The molecular formula is C11H10F3O. The molecule has 0 atom stereocenters. The van der Waals surface area contributed by atoms with Crippen LogP contribution in [0.15, 0.2) is 30.3 Å². The Kier molecular flexibility index (Phi) is 3.91. The summed E-state index contributed by atoms with van der Waals surface area (Å²) in [5.41, 5.74) is 0.0492. The molecule has 0 aromatic heterocycles. The van der Waals surface area contributed by atoms with Gasteiger partial charge in [-0.3, -0.25) is 0 Å². The molecule has 0 aliphatic heterocycles. The second-order valence-electron chi connectivity index (χ2n) is 2.89. The molecule has 4 heteroatoms. The first-order chi connectivity index (χ1) is 7.04. The maximum absolute atomic E-state index is 12.2. The van der Waals surface area contributed by atoms with E-state index in [0.717, 1.165) is 12.1 Å². The average molecular weight is 215 g/mol. The molecule has 0 amide bonds. The van der Waals surface area contributed by atoms with Gasteiger partial charge in [-0.2, -0.15) is 13.2 Å². The number of hydrogen-bond donors (Lipinski definition) is 0. The second kappa shape index (κ2) is 4.98. The maximum Gasteiger partial charge on any atom is 0.416 e. The first-order valence-electron chi connectivity index (χ1n) is 4.25. The fraction of sp³-hybridized carbons (Fsp3) is 0.182. The summed E-state index contributed by atoms with van der Waals surface area (Å²) in [6.45, 7) is 0.334. The fourth-order valence-electron chi connectivity index (χ4n) is 1.04. The van der Waals surface area contributed by atoms with Gasteiger partial charge in [0.1, 0.15) is 0 Å². The van der Waals surface area contributed by atoms with Crippen molar-refractivity contribution in [1.29, 1.82) is 0 Å². The van der Waals surface area contributed by atoms with Crippen molar-refractivity contribution in [2.24, 2.45) is 0 Å². The molecule has 81 valence electrons. The van der Waals surface area contributed by atoms with Crippen molar-refractivity contribution in [2.75, 3.05) is 6.61 Å². The average Bonchev–Trinajstić information content (AvgIpc) is 2.18. The highest BCUT2D eigenvalue weighted by Crippen LogP contribution is 2.29. The van der Waals surface area contributed by atoms with Gasteiger partial charge in [0, 0.05) is 0 Å². The summed E-state index contributed by atoms with van der Waals surface area (Å²) in [6.07, 6.45) is -0.931. The summed E-state index contributed by atoms with van der Waals surface area (Å²) in [7, 11) is 3.16. The smallest absolute Gasteiger partial charge is 0.375 e. The molecule has 0 heterocycles. The zero-order chi connectivity index (χ0) is 11.3. The number of benzene rings is 1. The fourth-order valence-corrected chi connectivity index (χ4v) is 1.04. The molecule has 1 aromatic carbocycles. The minimum Gasteiger partial charge on any atom is -0.375 e. The molecule has 0 saturated carbocycles. The van der Waals surface area contributed by atoms with Crippen LogP contribution in [0.2, 0.25) is 0 Å². The van der Waals surface area contributed by atoms with Crippen molar-refractivity contribution < 1.29 is 17.9 Å². The third-order valence-electron chi connectivity index (χ3n) is 1.76. The van der Waals surface area contributed by atoms with Crippen LogP contribution in [0.5, 0.6) is 0 Å². The van der Waals surface area contributed by atoms with Crippen LogP contribution in [0.1, 0.15) is 11.1 Å². The van der Waals surface area contributed by atoms with Crippen LogP contribution in [-0.4, -0.2) is 6.61 Å². The lowest BCUT2D eigenvalue weighted by molar-refractivity contribution is -0.137. The van der Waals surface area contributed by atoms with Gasteiger partial charge in [0.05, 0.1) is 19.3 Å². The zero-order valence-corrected chi connectivity index (χ0v) is 7.92. The van der Waals surface area contributed by atoms with E-state index in [0.29, 0.717) is 12.2 Å². The Labute approximate surface area is 86.2 Å². The Hall–Kier alpha value is -1.29. The quantitative estimate of drug-likeness (QED) is 0.749. The minimum absolute atomic E-state index is 0.334. The zero-order valence-electron chi connectivity index (χ0n) is 7.92. The summed E-state index contributed by atoms with van der Waals surface area (Å²) < 4.78 is 41.1. The number of rotatable bonds is 3. The molecule has 1 aromatic rings. The SMILES string of the molecule is [CH2]OCC=Cc1ccc(C(F)(F)F)cc1. The Morgan fingerprint density at radius 2 is 1.80 bits per heavy atom. The van der Waals surface area contributed by atoms with E-state index >= 15 is 0 Å². The lowest BCUT2D eigenvalue weighted by Crippen LogP contribution is -2.03. The summed E-state index contributed by atoms with van der Waals surface area (Å²) in [6, 6.07) is 4.90. The van der Waals surface area contributed by atoms with Crippen molar-refractivity contribution in [3.63, 3.8) is 0 Å². The monoisotopic (exact) mass is 215 g/mol. The normalized spacial score (nSPS) is 12.3. The minimum atomic E-state index is -4.28. The van der Waals surface area contributed by atoms with Crippen LogP contribution in [0.25, 0.3) is 6.08 Å². The molecule has 0 aliphatic rings. The third-order valence-corrected chi connectivity index (χ3v) is 1.76. The lowest BCUT2D eigenvalue weighted by Gasteiger charge is -2.05. The Morgan fingerprint density at radius 3 is 2.27 bits per heavy atom. The number of halogens is 3. The van der Waals surface area contributed by atoms with Crippen molar-refractivity contribution in [1.82, 2.24) is 0 Å². The highest BCUT2D eigenvalue weighted by atomic mass is 19.4. The highest BCUT2D eigenvalue weighted by Gasteiger charge is 2.29. The van der Waals surface area contributed by atoms with Crippen LogP contribution in [0.3, 0.4) is 0 Å². The van der Waals surface area contributed by atoms with Gasteiger partial charge >= 0.3 is 6.18 Å².